The number of ether oxygens (including phenoxy) is 1. The van der Waals surface area contributed by atoms with Crippen molar-refractivity contribution >= 4 is 55.8 Å². The maximum absolute atomic E-state index is 12.1. The van der Waals surface area contributed by atoms with Crippen molar-refractivity contribution in [2.24, 2.45) is 0 Å². The van der Waals surface area contributed by atoms with Gasteiger partial charge in [0.05, 0.1) is 18.6 Å². The van der Waals surface area contributed by atoms with Crippen LogP contribution in [0.4, 0.5) is 5.13 Å². The number of sulfonamides is 1. The zero-order chi connectivity index (χ0) is 16.9. The van der Waals surface area contributed by atoms with Crippen molar-refractivity contribution in [1.29, 1.82) is 0 Å². The Kier molecular flexibility index (Phi) is 6.22. The Morgan fingerprint density at radius 1 is 1.43 bits per heavy atom. The first-order valence-electron chi connectivity index (χ1n) is 6.16. The van der Waals surface area contributed by atoms with Crippen LogP contribution in [-0.4, -0.2) is 37.4 Å². The Bertz CT molecular complexity index is 794. The Morgan fingerprint density at radius 2 is 2.22 bits per heavy atom. The molecule has 0 unspecified atom stereocenters. The van der Waals surface area contributed by atoms with Crippen LogP contribution in [0.15, 0.2) is 28.6 Å². The summed E-state index contributed by atoms with van der Waals surface area (Å²) in [5.41, 5.74) is 0.565. The topological polar surface area (TPSA) is 98.2 Å². The first-order chi connectivity index (χ1) is 10.9. The van der Waals surface area contributed by atoms with Gasteiger partial charge in [-0.05, 0) is 17.7 Å². The molecule has 124 valence electrons. The van der Waals surface area contributed by atoms with E-state index >= 15 is 0 Å². The van der Waals surface area contributed by atoms with Gasteiger partial charge in [-0.25, -0.2) is 8.42 Å². The fraction of sp³-hybridized carbons (Fsp3) is 0.250. The van der Waals surface area contributed by atoms with Crippen LogP contribution in [-0.2, 0) is 25.3 Å². The number of benzene rings is 1. The van der Waals surface area contributed by atoms with Crippen LogP contribution in [0, 0.1) is 0 Å². The quantitative estimate of drug-likeness (QED) is 0.569. The molecule has 0 amide bonds. The minimum Gasteiger partial charge on any atom is -0.468 e. The van der Waals surface area contributed by atoms with Gasteiger partial charge >= 0.3 is 5.97 Å². The number of hydrogen-bond donors (Lipinski definition) is 1. The van der Waals surface area contributed by atoms with E-state index in [2.05, 4.69) is 19.7 Å². The molecule has 11 heteroatoms. The maximum Gasteiger partial charge on any atom is 0.316 e. The zero-order valence-corrected chi connectivity index (χ0v) is 15.1. The fourth-order valence-corrected chi connectivity index (χ4v) is 4.70. The summed E-state index contributed by atoms with van der Waals surface area (Å²) in [5, 5.41) is 8.15. The summed E-state index contributed by atoms with van der Waals surface area (Å²) in [6.07, 6.45) is 0. The third-order valence-electron chi connectivity index (χ3n) is 2.44. The van der Waals surface area contributed by atoms with Crippen molar-refractivity contribution in [1.82, 2.24) is 10.2 Å². The van der Waals surface area contributed by atoms with Gasteiger partial charge in [-0.15, -0.1) is 10.2 Å². The largest absolute Gasteiger partial charge is 0.468 e. The monoisotopic (exact) mass is 393 g/mol. The summed E-state index contributed by atoms with van der Waals surface area (Å²) < 4.78 is 31.5. The lowest BCUT2D eigenvalue weighted by atomic mass is 10.2. The average molecular weight is 394 g/mol. The second-order valence-corrected chi connectivity index (χ2v) is 8.59. The van der Waals surface area contributed by atoms with Gasteiger partial charge < -0.3 is 4.74 Å². The number of thioether (sulfide) groups is 1. The van der Waals surface area contributed by atoms with E-state index in [4.69, 9.17) is 11.6 Å². The van der Waals surface area contributed by atoms with Gasteiger partial charge in [0.25, 0.3) is 0 Å². The maximum atomic E-state index is 12.1. The molecule has 0 atom stereocenters. The number of hydrogen-bond acceptors (Lipinski definition) is 8. The van der Waals surface area contributed by atoms with Crippen LogP contribution < -0.4 is 4.72 Å². The van der Waals surface area contributed by atoms with Crippen LogP contribution in [0.5, 0.6) is 0 Å². The van der Waals surface area contributed by atoms with Crippen LogP contribution >= 0.6 is 34.7 Å². The van der Waals surface area contributed by atoms with Gasteiger partial charge in [-0.1, -0.05) is 46.8 Å². The molecule has 0 saturated carbocycles. The van der Waals surface area contributed by atoms with E-state index in [0.29, 0.717) is 14.9 Å². The van der Waals surface area contributed by atoms with E-state index < -0.39 is 16.0 Å². The highest BCUT2D eigenvalue weighted by molar-refractivity contribution is 8.01. The van der Waals surface area contributed by atoms with E-state index in [-0.39, 0.29) is 16.6 Å². The first-order valence-corrected chi connectivity index (χ1v) is 9.99. The van der Waals surface area contributed by atoms with Gasteiger partial charge in [-0.3, -0.25) is 9.52 Å². The Labute approximate surface area is 146 Å². The van der Waals surface area contributed by atoms with Crippen molar-refractivity contribution in [3.05, 3.63) is 34.9 Å². The molecule has 2 aromatic rings. The van der Waals surface area contributed by atoms with Crippen LogP contribution in [0.3, 0.4) is 0 Å². The molecule has 1 aromatic carbocycles. The number of halogens is 1. The number of carbonyl (C=O) groups is 1. The van der Waals surface area contributed by atoms with Crippen LogP contribution in [0.1, 0.15) is 5.56 Å². The van der Waals surface area contributed by atoms with Crippen molar-refractivity contribution < 1.29 is 17.9 Å². The van der Waals surface area contributed by atoms with E-state index in [9.17, 15) is 13.2 Å². The van der Waals surface area contributed by atoms with Crippen molar-refractivity contribution in [3.8, 4) is 0 Å². The second kappa shape index (κ2) is 7.95. The second-order valence-electron chi connectivity index (χ2n) is 4.23. The molecule has 0 spiro atoms. The molecule has 0 aliphatic rings. The molecule has 0 saturated heterocycles. The predicted molar refractivity (Wildman–Crippen MR) is 90.3 cm³/mol. The number of esters is 1. The highest BCUT2D eigenvalue weighted by Gasteiger charge is 2.16. The molecular weight excluding hydrogens is 382 g/mol. The minimum atomic E-state index is -3.63. The smallest absolute Gasteiger partial charge is 0.316 e. The summed E-state index contributed by atoms with van der Waals surface area (Å²) in [5.74, 6) is -0.536. The molecule has 0 bridgehead atoms. The van der Waals surface area contributed by atoms with Gasteiger partial charge in [0.15, 0.2) is 4.34 Å². The lowest BCUT2D eigenvalue weighted by Gasteiger charge is -2.04. The molecular formula is C12H12ClN3O4S3. The summed E-state index contributed by atoms with van der Waals surface area (Å²) in [6.45, 7) is 0. The Hall–Kier alpha value is -1.36. The first kappa shape index (κ1) is 18.0. The summed E-state index contributed by atoms with van der Waals surface area (Å²) >= 11 is 8.00. The van der Waals surface area contributed by atoms with Crippen molar-refractivity contribution in [2.75, 3.05) is 17.6 Å². The third kappa shape index (κ3) is 5.98. The number of nitrogens with one attached hydrogen (secondary N) is 1. The molecule has 23 heavy (non-hydrogen) atoms. The lowest BCUT2D eigenvalue weighted by molar-refractivity contribution is -0.137. The van der Waals surface area contributed by atoms with E-state index in [1.165, 1.54) is 7.11 Å². The molecule has 0 radical (unpaired) electrons. The molecule has 1 N–H and O–H groups in total. The highest BCUT2D eigenvalue weighted by Crippen LogP contribution is 2.26. The standard InChI is InChI=1S/C12H12ClN3O4S3/c1-20-10(17)6-21-12-15-14-11(22-12)16-23(18,19)7-8-3-2-4-9(13)5-8/h2-5H,6-7H2,1H3,(H,14,16). The molecule has 2 rings (SSSR count). The van der Waals surface area contributed by atoms with Gasteiger partial charge in [-0.2, -0.15) is 0 Å². The minimum absolute atomic E-state index is 0.0837. The highest BCUT2D eigenvalue weighted by atomic mass is 35.5. The Balaban J connectivity index is 1.98. The van der Waals surface area contributed by atoms with Crippen molar-refractivity contribution in [3.63, 3.8) is 0 Å². The van der Waals surface area contributed by atoms with E-state index in [0.717, 1.165) is 23.1 Å². The molecule has 7 nitrogen and oxygen atoms in total. The SMILES string of the molecule is COC(=O)CSc1nnc(NS(=O)(=O)Cc2cccc(Cl)c2)s1. The summed E-state index contributed by atoms with van der Waals surface area (Å²) in [7, 11) is -2.34. The number of aromatic nitrogens is 2. The average Bonchev–Trinajstić information content (AvgIpc) is 2.90. The Morgan fingerprint density at radius 3 is 2.91 bits per heavy atom. The van der Waals surface area contributed by atoms with Crippen LogP contribution in [0.2, 0.25) is 5.02 Å². The normalized spacial score (nSPS) is 11.2. The molecule has 1 heterocycles. The molecule has 0 fully saturated rings. The summed E-state index contributed by atoms with van der Waals surface area (Å²) in [4.78, 5) is 11.0. The number of rotatable bonds is 7. The van der Waals surface area contributed by atoms with Crippen LogP contribution in [0.25, 0.3) is 0 Å². The molecule has 0 aliphatic carbocycles. The number of methoxy groups -OCH3 is 1. The lowest BCUT2D eigenvalue weighted by Crippen LogP contribution is -2.14. The van der Waals surface area contributed by atoms with Gasteiger partial charge in [0.2, 0.25) is 15.2 Å². The summed E-state index contributed by atoms with van der Waals surface area (Å²) in [6, 6.07) is 6.60. The zero-order valence-electron chi connectivity index (χ0n) is 11.9. The van der Waals surface area contributed by atoms with Gasteiger partial charge in [0, 0.05) is 5.02 Å². The predicted octanol–water partition coefficient (Wildman–Crippen LogP) is 2.40. The number of anilines is 1. The number of carbonyl (C=O) groups excluding carboxylic acids is 1. The van der Waals surface area contributed by atoms with E-state index in [1.807, 2.05) is 0 Å². The van der Waals surface area contributed by atoms with E-state index in [1.54, 1.807) is 24.3 Å². The van der Waals surface area contributed by atoms with Gasteiger partial charge in [0.1, 0.15) is 0 Å². The van der Waals surface area contributed by atoms with Crippen molar-refractivity contribution in [2.45, 2.75) is 10.1 Å². The molecule has 0 aliphatic heterocycles. The number of nitrogens with zero attached hydrogens (tertiary/aromatic N) is 2. The molecule has 1 aromatic heterocycles. The third-order valence-corrected chi connectivity index (χ3v) is 5.96. The fourth-order valence-electron chi connectivity index (χ4n) is 1.50.